The number of aromatic hydroxyl groups is 2. The van der Waals surface area contributed by atoms with Gasteiger partial charge in [0.25, 0.3) is 0 Å². The zero-order chi connectivity index (χ0) is 23.4. The number of isothiocyanates is 1. The van der Waals surface area contributed by atoms with Gasteiger partial charge >= 0.3 is 5.97 Å². The Labute approximate surface area is 200 Å². The van der Waals surface area contributed by atoms with Crippen LogP contribution < -0.4 is 15.0 Å². The minimum absolute atomic E-state index is 0.00318. The molecule has 0 aromatic heterocycles. The maximum Gasteiger partial charge on any atom is 0.340 e. The van der Waals surface area contributed by atoms with Gasteiger partial charge in [0, 0.05) is 49.4 Å². The summed E-state index contributed by atoms with van der Waals surface area (Å²) in [5, 5.41) is 26.8. The van der Waals surface area contributed by atoms with Crippen LogP contribution in [0.1, 0.15) is 27.0 Å². The van der Waals surface area contributed by atoms with E-state index in [1.165, 1.54) is 18.2 Å². The summed E-state index contributed by atoms with van der Waals surface area (Å²) in [6.07, 6.45) is 0. The highest BCUT2D eigenvalue weighted by atomic mass is 32.1. The normalized spacial score (nSPS) is 20.0. The number of hydrogen-bond acceptors (Lipinski definition) is 9. The largest absolute Gasteiger partial charge is 0.508 e. The number of thiocarbonyl (C=S) groups is 1. The molecule has 3 aromatic rings. The first-order valence-corrected chi connectivity index (χ1v) is 11.2. The first-order valence-electron chi connectivity index (χ1n) is 10.8. The first kappa shape index (κ1) is 20.7. The monoisotopic (exact) mass is 473 g/mol. The summed E-state index contributed by atoms with van der Waals surface area (Å²) in [6, 6.07) is 13.3. The molecule has 1 saturated heterocycles. The number of ether oxygens (including phenoxy) is 2. The standard InChI is InChI=1S/C25H19N3O5S/c29-14-5-6-17-19(11-14)32-20-12-18(30)22(27-13-34)23(28-9-7-26-8-10-28)21(20)25(17)16-4-2-1-3-15(16)24(31)33-25/h1-6,11-12,26,29-30H,7-10H2. The lowest BCUT2D eigenvalue weighted by Gasteiger charge is -2.41. The smallest absolute Gasteiger partial charge is 0.340 e. The number of anilines is 1. The fourth-order valence-corrected chi connectivity index (χ4v) is 5.23. The number of nitrogens with one attached hydrogen (secondary N) is 1. The second-order valence-electron chi connectivity index (χ2n) is 8.30. The minimum atomic E-state index is -1.37. The summed E-state index contributed by atoms with van der Waals surface area (Å²) >= 11 is 4.89. The van der Waals surface area contributed by atoms with Crippen LogP contribution in [0.2, 0.25) is 0 Å². The van der Waals surface area contributed by atoms with Crippen molar-refractivity contribution in [3.63, 3.8) is 0 Å². The summed E-state index contributed by atoms with van der Waals surface area (Å²) in [5.74, 6) is 0.0248. The zero-order valence-corrected chi connectivity index (χ0v) is 18.7. The third-order valence-corrected chi connectivity index (χ3v) is 6.59. The number of phenolic OH excluding ortho intramolecular Hbond substituents is 2. The van der Waals surface area contributed by atoms with E-state index in [-0.39, 0.29) is 17.2 Å². The number of aliphatic imine (C=N–C) groups is 1. The van der Waals surface area contributed by atoms with Crippen LogP contribution in [0.4, 0.5) is 11.4 Å². The third kappa shape index (κ3) is 2.78. The highest BCUT2D eigenvalue weighted by Crippen LogP contribution is 2.62. The molecule has 1 spiro atoms. The highest BCUT2D eigenvalue weighted by Gasteiger charge is 2.56. The van der Waals surface area contributed by atoms with Crippen molar-refractivity contribution >= 4 is 34.7 Å². The average molecular weight is 474 g/mol. The molecule has 0 aliphatic carbocycles. The Balaban J connectivity index is 1.77. The van der Waals surface area contributed by atoms with E-state index in [2.05, 4.69) is 20.4 Å². The van der Waals surface area contributed by atoms with Crippen molar-refractivity contribution in [1.29, 1.82) is 0 Å². The molecular weight excluding hydrogens is 454 g/mol. The molecule has 3 aliphatic heterocycles. The van der Waals surface area contributed by atoms with Gasteiger partial charge in [-0.15, -0.1) is 0 Å². The van der Waals surface area contributed by atoms with Gasteiger partial charge in [-0.25, -0.2) is 4.79 Å². The molecule has 1 unspecified atom stereocenters. The molecule has 3 N–H and O–H groups in total. The Bertz CT molecular complexity index is 1410. The number of esters is 1. The van der Waals surface area contributed by atoms with Crippen molar-refractivity contribution < 1.29 is 24.5 Å². The number of piperazine rings is 1. The molecule has 3 heterocycles. The van der Waals surface area contributed by atoms with E-state index < -0.39 is 11.6 Å². The number of phenols is 2. The van der Waals surface area contributed by atoms with Gasteiger partial charge < -0.3 is 29.9 Å². The highest BCUT2D eigenvalue weighted by molar-refractivity contribution is 7.78. The van der Waals surface area contributed by atoms with Crippen LogP contribution >= 0.6 is 12.2 Å². The summed E-state index contributed by atoms with van der Waals surface area (Å²) in [4.78, 5) is 19.4. The van der Waals surface area contributed by atoms with Crippen molar-refractivity contribution in [3.8, 4) is 23.0 Å². The van der Waals surface area contributed by atoms with Crippen molar-refractivity contribution in [2.45, 2.75) is 5.60 Å². The molecule has 3 aromatic carbocycles. The Morgan fingerprint density at radius 2 is 1.85 bits per heavy atom. The van der Waals surface area contributed by atoms with Crippen LogP contribution in [0.25, 0.3) is 0 Å². The van der Waals surface area contributed by atoms with Gasteiger partial charge in [0.2, 0.25) is 0 Å². The van der Waals surface area contributed by atoms with Gasteiger partial charge in [-0.2, -0.15) is 4.99 Å². The maximum atomic E-state index is 13.2. The summed E-state index contributed by atoms with van der Waals surface area (Å²) in [5.41, 5.74) is 1.63. The lowest BCUT2D eigenvalue weighted by atomic mass is 9.76. The second kappa shape index (κ2) is 7.56. The second-order valence-corrected chi connectivity index (χ2v) is 8.49. The van der Waals surface area contributed by atoms with Crippen LogP contribution in [-0.4, -0.2) is 47.5 Å². The van der Waals surface area contributed by atoms with E-state index in [9.17, 15) is 15.0 Å². The number of nitrogens with zero attached hydrogens (tertiary/aromatic N) is 2. The van der Waals surface area contributed by atoms with E-state index in [0.717, 1.165) is 13.1 Å². The minimum Gasteiger partial charge on any atom is -0.508 e. The van der Waals surface area contributed by atoms with Crippen LogP contribution in [0.3, 0.4) is 0 Å². The van der Waals surface area contributed by atoms with Gasteiger partial charge in [-0.1, -0.05) is 18.2 Å². The van der Waals surface area contributed by atoms with Crippen molar-refractivity contribution in [2.24, 2.45) is 4.99 Å². The Morgan fingerprint density at radius 3 is 2.65 bits per heavy atom. The zero-order valence-electron chi connectivity index (χ0n) is 17.9. The molecule has 0 saturated carbocycles. The van der Waals surface area contributed by atoms with Gasteiger partial charge in [0.1, 0.15) is 28.7 Å². The molecule has 9 heteroatoms. The Kier molecular flexibility index (Phi) is 4.60. The molecule has 0 radical (unpaired) electrons. The molecule has 1 fully saturated rings. The maximum absolute atomic E-state index is 13.2. The summed E-state index contributed by atoms with van der Waals surface area (Å²) in [7, 11) is 0. The molecule has 0 amide bonds. The lowest BCUT2D eigenvalue weighted by Crippen LogP contribution is -2.45. The fraction of sp³-hybridized carbons (Fsp3) is 0.200. The predicted octanol–water partition coefficient (Wildman–Crippen LogP) is 3.81. The topological polar surface area (TPSA) is 104 Å². The first-order chi connectivity index (χ1) is 16.5. The van der Waals surface area contributed by atoms with Crippen LogP contribution in [0, 0.1) is 0 Å². The van der Waals surface area contributed by atoms with Gasteiger partial charge in [0.15, 0.2) is 5.60 Å². The van der Waals surface area contributed by atoms with E-state index in [4.69, 9.17) is 21.7 Å². The number of fused-ring (bicyclic) bond motifs is 6. The van der Waals surface area contributed by atoms with Crippen molar-refractivity contribution in [3.05, 3.63) is 70.8 Å². The van der Waals surface area contributed by atoms with E-state index >= 15 is 0 Å². The molecule has 3 aliphatic rings. The van der Waals surface area contributed by atoms with Crippen LogP contribution in [0.5, 0.6) is 23.0 Å². The average Bonchev–Trinajstić information content (AvgIpc) is 3.13. The number of carbonyl (C=O) groups is 1. The van der Waals surface area contributed by atoms with E-state index in [1.54, 1.807) is 18.2 Å². The number of rotatable bonds is 2. The number of benzene rings is 3. The number of hydrogen-bond donors (Lipinski definition) is 3. The molecule has 34 heavy (non-hydrogen) atoms. The van der Waals surface area contributed by atoms with Crippen molar-refractivity contribution in [1.82, 2.24) is 5.32 Å². The van der Waals surface area contributed by atoms with Gasteiger partial charge in [0.05, 0.1) is 22.0 Å². The quantitative estimate of drug-likeness (QED) is 0.293. The summed E-state index contributed by atoms with van der Waals surface area (Å²) < 4.78 is 12.4. The number of carbonyl (C=O) groups excluding carboxylic acids is 1. The molecule has 6 rings (SSSR count). The lowest BCUT2D eigenvalue weighted by molar-refractivity contribution is 0.0225. The Morgan fingerprint density at radius 1 is 1.06 bits per heavy atom. The SMILES string of the molecule is O=C1OC2(c3ccc(O)cc3Oc3cc(O)c(N=C=S)c(N4CCNCC4)c32)c2ccccc21. The Hall–Kier alpha value is -3.91. The van der Waals surface area contributed by atoms with Gasteiger partial charge in [-0.3, -0.25) is 0 Å². The van der Waals surface area contributed by atoms with Crippen LogP contribution in [0.15, 0.2) is 53.5 Å². The molecular formula is C25H19N3O5S. The fourth-order valence-electron chi connectivity index (χ4n) is 5.14. The van der Waals surface area contributed by atoms with E-state index in [0.29, 0.717) is 52.5 Å². The predicted molar refractivity (Wildman–Crippen MR) is 128 cm³/mol. The van der Waals surface area contributed by atoms with Crippen molar-refractivity contribution in [2.75, 3.05) is 31.1 Å². The molecule has 1 atom stereocenters. The third-order valence-electron chi connectivity index (χ3n) is 6.50. The molecule has 8 nitrogen and oxygen atoms in total. The van der Waals surface area contributed by atoms with Gasteiger partial charge in [-0.05, 0) is 30.4 Å². The van der Waals surface area contributed by atoms with E-state index in [1.807, 2.05) is 12.1 Å². The summed E-state index contributed by atoms with van der Waals surface area (Å²) in [6.45, 7) is 2.70. The molecule has 0 bridgehead atoms. The van der Waals surface area contributed by atoms with Crippen LogP contribution in [-0.2, 0) is 10.3 Å². The molecule has 170 valence electrons.